The number of methoxy groups -OCH3 is 1. The van der Waals surface area contributed by atoms with Crippen LogP contribution in [-0.4, -0.2) is 18.7 Å². The van der Waals surface area contributed by atoms with Crippen LogP contribution in [0, 0.1) is 5.39 Å². The molecule has 0 aliphatic carbocycles. The third kappa shape index (κ3) is 6.30. The molecule has 1 aromatic rings. The van der Waals surface area contributed by atoms with E-state index < -0.39 is 0 Å². The molecular weight excluding hydrogens is 270 g/mol. The van der Waals surface area contributed by atoms with Crippen LogP contribution in [0.1, 0.15) is 51.2 Å². The number of nitrogens with zero attached hydrogens (tertiary/aromatic N) is 3. The highest BCUT2D eigenvalue weighted by molar-refractivity contribution is 5.17. The van der Waals surface area contributed by atoms with Crippen LogP contribution in [0.15, 0.2) is 21.5 Å². The van der Waals surface area contributed by atoms with E-state index in [9.17, 15) is 4.79 Å². The van der Waals surface area contributed by atoms with Crippen LogP contribution in [0.2, 0.25) is 0 Å². The van der Waals surface area contributed by atoms with E-state index >= 15 is 0 Å². The van der Waals surface area contributed by atoms with Crippen molar-refractivity contribution in [1.29, 1.82) is 5.39 Å². The van der Waals surface area contributed by atoms with Crippen molar-refractivity contribution < 1.29 is 9.15 Å². The van der Waals surface area contributed by atoms with Crippen molar-refractivity contribution in [2.45, 2.75) is 52.0 Å². The standard InChI is InChI=1S/C15H24N3O3/c1-3-4-5-6-7-8-9-18(17-16)11-13-10-14(19)15(20-2)12-21-13/h10,12H,3-9,11H2,1-2H3/q+1. The van der Waals surface area contributed by atoms with Crippen molar-refractivity contribution in [3.63, 3.8) is 0 Å². The maximum atomic E-state index is 11.6. The van der Waals surface area contributed by atoms with Gasteiger partial charge in [0.15, 0.2) is 6.54 Å². The minimum atomic E-state index is -0.240. The number of hydrogen-bond acceptors (Lipinski definition) is 5. The first-order valence-corrected chi connectivity index (χ1v) is 7.47. The summed E-state index contributed by atoms with van der Waals surface area (Å²) in [5.41, 5.74) is -0.240. The molecule has 1 rings (SSSR count). The second kappa shape index (κ2) is 9.81. The summed E-state index contributed by atoms with van der Waals surface area (Å²) in [4.78, 5) is 11.6. The number of ether oxygens (including phenoxy) is 1. The lowest BCUT2D eigenvalue weighted by Crippen LogP contribution is -2.17. The summed E-state index contributed by atoms with van der Waals surface area (Å²) < 4.78 is 10.1. The molecule has 0 aromatic carbocycles. The largest absolute Gasteiger partial charge is 0.490 e. The Labute approximate surface area is 125 Å². The zero-order valence-corrected chi connectivity index (χ0v) is 12.9. The molecule has 0 atom stereocenters. The minimum Gasteiger partial charge on any atom is -0.490 e. The van der Waals surface area contributed by atoms with Gasteiger partial charge in [-0.1, -0.05) is 39.0 Å². The van der Waals surface area contributed by atoms with Crippen LogP contribution in [0.3, 0.4) is 0 Å². The quantitative estimate of drug-likeness (QED) is 0.375. The normalized spacial score (nSPS) is 10.1. The molecule has 0 unspecified atom stereocenters. The molecule has 0 fully saturated rings. The zero-order valence-electron chi connectivity index (χ0n) is 12.9. The first-order valence-electron chi connectivity index (χ1n) is 7.47. The van der Waals surface area contributed by atoms with Gasteiger partial charge in [-0.05, 0) is 11.4 Å². The van der Waals surface area contributed by atoms with Gasteiger partial charge in [0.05, 0.1) is 13.7 Å². The van der Waals surface area contributed by atoms with Crippen LogP contribution < -0.4 is 10.2 Å². The van der Waals surface area contributed by atoms with Gasteiger partial charge in [0.25, 0.3) is 5.39 Å². The Morgan fingerprint density at radius 1 is 1.29 bits per heavy atom. The number of diazo groups is 1. The fourth-order valence-electron chi connectivity index (χ4n) is 2.08. The Morgan fingerprint density at radius 3 is 2.62 bits per heavy atom. The molecule has 0 spiro atoms. The maximum Gasteiger partial charge on any atom is 0.305 e. The maximum absolute atomic E-state index is 11.6. The van der Waals surface area contributed by atoms with Crippen molar-refractivity contribution in [3.05, 3.63) is 33.4 Å². The highest BCUT2D eigenvalue weighted by Gasteiger charge is 2.16. The molecule has 0 saturated heterocycles. The molecule has 1 heterocycles. The van der Waals surface area contributed by atoms with Crippen molar-refractivity contribution in [1.82, 2.24) is 5.01 Å². The van der Waals surface area contributed by atoms with Crippen LogP contribution >= 0.6 is 0 Å². The number of rotatable bonds is 10. The Kier molecular flexibility index (Phi) is 7.95. The summed E-state index contributed by atoms with van der Waals surface area (Å²) in [7, 11) is 1.42. The van der Waals surface area contributed by atoms with Crippen molar-refractivity contribution in [3.8, 4) is 5.75 Å². The molecule has 0 bridgehead atoms. The Hall–Kier alpha value is -2.03. The molecule has 116 valence electrons. The van der Waals surface area contributed by atoms with Gasteiger partial charge in [-0.15, -0.1) is 0 Å². The summed E-state index contributed by atoms with van der Waals surface area (Å²) in [6, 6.07) is 1.36. The van der Waals surface area contributed by atoms with Crippen LogP contribution in [-0.2, 0) is 6.54 Å². The van der Waals surface area contributed by atoms with E-state index in [-0.39, 0.29) is 17.7 Å². The average molecular weight is 294 g/mol. The van der Waals surface area contributed by atoms with E-state index in [1.807, 2.05) is 0 Å². The number of hydrogen-bond donors (Lipinski definition) is 0. The third-order valence-corrected chi connectivity index (χ3v) is 3.31. The van der Waals surface area contributed by atoms with Gasteiger partial charge in [-0.2, -0.15) is 0 Å². The summed E-state index contributed by atoms with van der Waals surface area (Å²) in [5.74, 6) is 0.617. The molecule has 0 N–H and O–H groups in total. The van der Waals surface area contributed by atoms with Crippen molar-refractivity contribution in [2.24, 2.45) is 0 Å². The first kappa shape index (κ1) is 17.0. The predicted molar refractivity (Wildman–Crippen MR) is 80.4 cm³/mol. The molecule has 6 nitrogen and oxygen atoms in total. The van der Waals surface area contributed by atoms with Gasteiger partial charge in [0.1, 0.15) is 12.0 Å². The molecule has 0 aliphatic rings. The fourth-order valence-corrected chi connectivity index (χ4v) is 2.08. The highest BCUT2D eigenvalue weighted by Crippen LogP contribution is 2.10. The smallest absolute Gasteiger partial charge is 0.305 e. The Balaban J connectivity index is 2.38. The Morgan fingerprint density at radius 2 is 2.00 bits per heavy atom. The van der Waals surface area contributed by atoms with E-state index in [4.69, 9.17) is 14.5 Å². The summed E-state index contributed by atoms with van der Waals surface area (Å²) >= 11 is 0. The minimum absolute atomic E-state index is 0.169. The molecule has 0 amide bonds. The van der Waals surface area contributed by atoms with Crippen molar-refractivity contribution in [2.75, 3.05) is 13.7 Å². The zero-order chi connectivity index (χ0) is 15.5. The van der Waals surface area contributed by atoms with E-state index in [2.05, 4.69) is 12.0 Å². The lowest BCUT2D eigenvalue weighted by molar-refractivity contribution is 0.299. The lowest BCUT2D eigenvalue weighted by atomic mass is 10.1. The SMILES string of the molecule is CCCCCCCCN(Cc1cc(=O)c(OC)co1)[N+]#N. The van der Waals surface area contributed by atoms with Gasteiger partial charge in [-0.25, -0.2) is 0 Å². The van der Waals surface area contributed by atoms with Gasteiger partial charge in [-0.3, -0.25) is 4.79 Å². The molecular formula is C15H24N3O3+. The molecule has 21 heavy (non-hydrogen) atoms. The van der Waals surface area contributed by atoms with E-state index in [0.717, 1.165) is 12.8 Å². The molecule has 6 heteroatoms. The fraction of sp³-hybridized carbons (Fsp3) is 0.667. The highest BCUT2D eigenvalue weighted by atomic mass is 16.5. The molecule has 1 aromatic heterocycles. The van der Waals surface area contributed by atoms with E-state index in [1.54, 1.807) is 0 Å². The molecule has 0 saturated carbocycles. The Bertz CT molecular complexity index is 508. The van der Waals surface area contributed by atoms with Crippen LogP contribution in [0.5, 0.6) is 5.75 Å². The topological polar surface area (TPSA) is 70.8 Å². The average Bonchev–Trinajstić information content (AvgIpc) is 2.49. The summed E-state index contributed by atoms with van der Waals surface area (Å²) in [6.45, 7) is 3.10. The van der Waals surface area contributed by atoms with Gasteiger partial charge in [0, 0.05) is 6.07 Å². The second-order valence-corrected chi connectivity index (χ2v) is 5.02. The van der Waals surface area contributed by atoms with Gasteiger partial charge in [0.2, 0.25) is 11.2 Å². The number of unbranched alkanes of at least 4 members (excludes halogenated alkanes) is 5. The van der Waals surface area contributed by atoms with Gasteiger partial charge >= 0.3 is 5.08 Å². The summed E-state index contributed by atoms with van der Waals surface area (Å²) in [6.07, 6.45) is 8.29. The van der Waals surface area contributed by atoms with E-state index in [0.29, 0.717) is 12.3 Å². The molecule has 0 radical (unpaired) electrons. The first-order chi connectivity index (χ1) is 10.2. The second-order valence-electron chi connectivity index (χ2n) is 5.02. The summed E-state index contributed by atoms with van der Waals surface area (Å²) in [5, 5.41) is 13.7. The van der Waals surface area contributed by atoms with Crippen LogP contribution in [0.25, 0.3) is 5.08 Å². The van der Waals surface area contributed by atoms with Gasteiger partial charge < -0.3 is 9.15 Å². The third-order valence-electron chi connectivity index (χ3n) is 3.31. The monoisotopic (exact) mass is 294 g/mol. The lowest BCUT2D eigenvalue weighted by Gasteiger charge is -2.05. The van der Waals surface area contributed by atoms with Crippen molar-refractivity contribution >= 4 is 0 Å². The van der Waals surface area contributed by atoms with Crippen LogP contribution in [0.4, 0.5) is 0 Å². The predicted octanol–water partition coefficient (Wildman–Crippen LogP) is 3.58. The molecule has 0 aliphatic heterocycles. The van der Waals surface area contributed by atoms with E-state index in [1.165, 1.54) is 50.1 Å².